The fraction of sp³-hybridized carbons (Fsp3) is 0.737. The van der Waals surface area contributed by atoms with Crippen LogP contribution in [0.1, 0.15) is 54.7 Å². The van der Waals surface area contributed by atoms with Crippen molar-refractivity contribution in [1.82, 2.24) is 25.3 Å². The number of piperidine rings is 2. The average molecular weight is 359 g/mol. The third-order valence-corrected chi connectivity index (χ3v) is 5.94. The highest BCUT2D eigenvalue weighted by Gasteiger charge is 2.34. The predicted octanol–water partition coefficient (Wildman–Crippen LogP) is 1.31. The van der Waals surface area contributed by atoms with Crippen LogP contribution in [0.3, 0.4) is 0 Å². The van der Waals surface area contributed by atoms with Crippen molar-refractivity contribution in [2.45, 2.75) is 57.5 Å². The molecule has 7 heteroatoms. The maximum Gasteiger partial charge on any atom is 0.274 e. The van der Waals surface area contributed by atoms with Gasteiger partial charge in [-0.3, -0.25) is 19.6 Å². The summed E-state index contributed by atoms with van der Waals surface area (Å²) in [5.74, 6) is 0.405. The number of carbonyl (C=O) groups excluding carboxylic acids is 2. The van der Waals surface area contributed by atoms with Gasteiger partial charge in [-0.25, -0.2) is 0 Å². The molecule has 1 aliphatic carbocycles. The smallest absolute Gasteiger partial charge is 0.274 e. The number of amides is 2. The number of aryl methyl sites for hydroxylation is 1. The van der Waals surface area contributed by atoms with Crippen molar-refractivity contribution in [3.05, 3.63) is 17.5 Å². The van der Waals surface area contributed by atoms with E-state index in [0.717, 1.165) is 70.4 Å². The molecule has 0 spiro atoms. The number of nitrogens with one attached hydrogen (secondary N) is 2. The van der Waals surface area contributed by atoms with Gasteiger partial charge >= 0.3 is 0 Å². The Hall–Kier alpha value is -1.89. The van der Waals surface area contributed by atoms with Crippen LogP contribution in [-0.2, 0) is 4.79 Å². The van der Waals surface area contributed by atoms with E-state index in [9.17, 15) is 9.59 Å². The summed E-state index contributed by atoms with van der Waals surface area (Å²) in [6, 6.07) is 2.73. The lowest BCUT2D eigenvalue weighted by Crippen LogP contribution is -2.51. The first kappa shape index (κ1) is 17.5. The molecule has 0 radical (unpaired) electrons. The number of aromatic nitrogens is 2. The molecule has 26 heavy (non-hydrogen) atoms. The number of H-pyrrole nitrogens is 1. The predicted molar refractivity (Wildman–Crippen MR) is 97.7 cm³/mol. The normalized spacial score (nSPS) is 25.3. The SMILES string of the molecule is Cc1cc(C(=O)N2CCC(N3CCC[C@@H](C(=O)NC4CC4)C3)CC2)n[nH]1. The van der Waals surface area contributed by atoms with Gasteiger partial charge in [0.25, 0.3) is 5.91 Å². The molecule has 0 bridgehead atoms. The fourth-order valence-electron chi connectivity index (χ4n) is 4.22. The molecule has 0 unspecified atom stereocenters. The largest absolute Gasteiger partial charge is 0.353 e. The molecule has 1 aromatic rings. The van der Waals surface area contributed by atoms with E-state index in [2.05, 4.69) is 20.4 Å². The van der Waals surface area contributed by atoms with Gasteiger partial charge in [0, 0.05) is 37.4 Å². The monoisotopic (exact) mass is 359 g/mol. The average Bonchev–Trinajstić information content (AvgIpc) is 3.38. The van der Waals surface area contributed by atoms with Crippen molar-refractivity contribution in [2.75, 3.05) is 26.2 Å². The Morgan fingerprint density at radius 3 is 2.58 bits per heavy atom. The Balaban J connectivity index is 1.28. The topological polar surface area (TPSA) is 81.3 Å². The van der Waals surface area contributed by atoms with Gasteiger partial charge in [-0.1, -0.05) is 0 Å². The van der Waals surface area contributed by atoms with Gasteiger partial charge in [0.1, 0.15) is 5.69 Å². The van der Waals surface area contributed by atoms with E-state index in [1.165, 1.54) is 0 Å². The molecule has 3 heterocycles. The molecular formula is C19H29N5O2. The van der Waals surface area contributed by atoms with Crippen molar-refractivity contribution in [2.24, 2.45) is 5.92 Å². The zero-order valence-electron chi connectivity index (χ0n) is 15.5. The lowest BCUT2D eigenvalue weighted by molar-refractivity contribution is -0.127. The summed E-state index contributed by atoms with van der Waals surface area (Å²) < 4.78 is 0. The van der Waals surface area contributed by atoms with Crippen LogP contribution in [-0.4, -0.2) is 70.1 Å². The van der Waals surface area contributed by atoms with Crippen LogP contribution in [0.5, 0.6) is 0 Å². The standard InChI is InChI=1S/C19H29N5O2/c1-13-11-17(22-21-13)19(26)23-9-6-16(7-10-23)24-8-2-3-14(12-24)18(25)20-15-4-5-15/h11,14-16H,2-10,12H2,1H3,(H,20,25)(H,21,22)/t14-/m1/s1. The van der Waals surface area contributed by atoms with E-state index in [1.807, 2.05) is 17.9 Å². The van der Waals surface area contributed by atoms with Gasteiger partial charge in [0.05, 0.1) is 5.92 Å². The van der Waals surface area contributed by atoms with Crippen molar-refractivity contribution in [3.63, 3.8) is 0 Å². The second-order valence-electron chi connectivity index (χ2n) is 8.08. The van der Waals surface area contributed by atoms with Crippen molar-refractivity contribution < 1.29 is 9.59 Å². The van der Waals surface area contributed by atoms with Crippen LogP contribution in [0.25, 0.3) is 0 Å². The second-order valence-corrected chi connectivity index (χ2v) is 8.08. The Labute approximate surface area is 154 Å². The zero-order valence-corrected chi connectivity index (χ0v) is 15.5. The molecule has 2 aliphatic heterocycles. The summed E-state index contributed by atoms with van der Waals surface area (Å²) in [4.78, 5) is 29.3. The highest BCUT2D eigenvalue weighted by Crippen LogP contribution is 2.26. The summed E-state index contributed by atoms with van der Waals surface area (Å²) in [6.45, 7) is 5.39. The summed E-state index contributed by atoms with van der Waals surface area (Å²) in [5, 5.41) is 10.1. The molecule has 2 amide bonds. The molecule has 0 aromatic carbocycles. The molecule has 1 saturated carbocycles. The Kier molecular flexibility index (Phi) is 4.98. The fourth-order valence-corrected chi connectivity index (χ4v) is 4.22. The Bertz CT molecular complexity index is 661. The van der Waals surface area contributed by atoms with Gasteiger partial charge in [-0.2, -0.15) is 5.10 Å². The highest BCUT2D eigenvalue weighted by molar-refractivity contribution is 5.92. The first-order chi connectivity index (χ1) is 12.6. The second kappa shape index (κ2) is 7.39. The van der Waals surface area contributed by atoms with Crippen molar-refractivity contribution in [1.29, 1.82) is 0 Å². The Morgan fingerprint density at radius 1 is 1.15 bits per heavy atom. The van der Waals surface area contributed by atoms with Crippen molar-refractivity contribution >= 4 is 11.8 Å². The van der Waals surface area contributed by atoms with E-state index < -0.39 is 0 Å². The summed E-state index contributed by atoms with van der Waals surface area (Å²) in [6.07, 6.45) is 6.34. The van der Waals surface area contributed by atoms with Gasteiger partial charge in [-0.15, -0.1) is 0 Å². The quantitative estimate of drug-likeness (QED) is 0.849. The first-order valence-corrected chi connectivity index (χ1v) is 9.96. The van der Waals surface area contributed by atoms with Gasteiger partial charge in [0.2, 0.25) is 5.91 Å². The number of hydrogen-bond acceptors (Lipinski definition) is 4. The summed E-state index contributed by atoms with van der Waals surface area (Å²) in [5.41, 5.74) is 1.42. The minimum atomic E-state index is 0.0214. The van der Waals surface area contributed by atoms with Crippen LogP contribution in [0.15, 0.2) is 6.07 Å². The number of likely N-dealkylation sites (tertiary alicyclic amines) is 2. The van der Waals surface area contributed by atoms with Gasteiger partial charge in [-0.05, 0) is 58.1 Å². The summed E-state index contributed by atoms with van der Waals surface area (Å²) >= 11 is 0. The number of rotatable bonds is 4. The highest BCUT2D eigenvalue weighted by atomic mass is 16.2. The number of aromatic amines is 1. The van der Waals surface area contributed by atoms with Crippen LogP contribution < -0.4 is 5.32 Å². The maximum atomic E-state index is 12.5. The lowest BCUT2D eigenvalue weighted by Gasteiger charge is -2.41. The molecule has 1 aromatic heterocycles. The van der Waals surface area contributed by atoms with Crippen LogP contribution >= 0.6 is 0 Å². The van der Waals surface area contributed by atoms with E-state index in [4.69, 9.17) is 0 Å². The number of hydrogen-bond donors (Lipinski definition) is 2. The zero-order chi connectivity index (χ0) is 18.1. The molecule has 4 rings (SSSR count). The third kappa shape index (κ3) is 3.92. The molecule has 3 fully saturated rings. The van der Waals surface area contributed by atoms with Crippen molar-refractivity contribution in [3.8, 4) is 0 Å². The minimum Gasteiger partial charge on any atom is -0.353 e. The van der Waals surface area contributed by atoms with Gasteiger partial charge < -0.3 is 10.2 Å². The molecular weight excluding hydrogens is 330 g/mol. The van der Waals surface area contributed by atoms with E-state index in [1.54, 1.807) is 0 Å². The van der Waals surface area contributed by atoms with E-state index in [-0.39, 0.29) is 17.7 Å². The number of nitrogens with zero attached hydrogens (tertiary/aromatic N) is 3. The van der Waals surface area contributed by atoms with Crippen LogP contribution in [0.4, 0.5) is 0 Å². The van der Waals surface area contributed by atoms with E-state index in [0.29, 0.717) is 17.8 Å². The van der Waals surface area contributed by atoms with Gasteiger partial charge in [0.15, 0.2) is 0 Å². The maximum absolute atomic E-state index is 12.5. The van der Waals surface area contributed by atoms with E-state index >= 15 is 0 Å². The number of carbonyl (C=O) groups is 2. The molecule has 142 valence electrons. The molecule has 2 saturated heterocycles. The Morgan fingerprint density at radius 2 is 1.92 bits per heavy atom. The van der Waals surface area contributed by atoms with Crippen LogP contribution in [0, 0.1) is 12.8 Å². The first-order valence-electron chi connectivity index (χ1n) is 9.96. The van der Waals surface area contributed by atoms with Crippen LogP contribution in [0.2, 0.25) is 0 Å². The molecule has 7 nitrogen and oxygen atoms in total. The minimum absolute atomic E-state index is 0.0214. The summed E-state index contributed by atoms with van der Waals surface area (Å²) in [7, 11) is 0. The third-order valence-electron chi connectivity index (χ3n) is 5.94. The molecule has 1 atom stereocenters. The molecule has 2 N–H and O–H groups in total. The molecule has 3 aliphatic rings. The lowest BCUT2D eigenvalue weighted by atomic mass is 9.93.